The van der Waals surface area contributed by atoms with Crippen molar-refractivity contribution in [2.24, 2.45) is 22.5 Å². The highest BCUT2D eigenvalue weighted by Crippen LogP contribution is 2.62. The molecule has 0 aromatic heterocycles. The molecule has 1 saturated heterocycles. The van der Waals surface area contributed by atoms with Crippen LogP contribution in [-0.4, -0.2) is 29.8 Å². The molecule has 0 unspecified atom stereocenters. The number of likely N-dealkylation sites (tertiary alicyclic amines) is 1. The van der Waals surface area contributed by atoms with Gasteiger partial charge in [0.05, 0.1) is 5.41 Å². The Labute approximate surface area is 142 Å². The topological polar surface area (TPSA) is 63.4 Å². The van der Waals surface area contributed by atoms with Gasteiger partial charge in [-0.05, 0) is 48.3 Å². The third kappa shape index (κ3) is 2.80. The highest BCUT2D eigenvalue weighted by atomic mass is 19.1. The van der Waals surface area contributed by atoms with E-state index in [1.54, 1.807) is 12.1 Å². The Morgan fingerprint density at radius 1 is 1.29 bits per heavy atom. The lowest BCUT2D eigenvalue weighted by molar-refractivity contribution is -0.148. The average Bonchev–Trinajstić information content (AvgIpc) is 2.85. The number of amides is 2. The molecule has 2 amide bonds. The van der Waals surface area contributed by atoms with Gasteiger partial charge in [0, 0.05) is 19.5 Å². The molecule has 2 N–H and O–H groups in total. The monoisotopic (exact) mass is 332 g/mol. The van der Waals surface area contributed by atoms with Gasteiger partial charge in [0.1, 0.15) is 5.82 Å². The Bertz CT molecular complexity index is 656. The van der Waals surface area contributed by atoms with Gasteiger partial charge in [-0.2, -0.15) is 0 Å². The molecule has 4 nitrogen and oxygen atoms in total. The van der Waals surface area contributed by atoms with E-state index in [9.17, 15) is 14.0 Å². The number of nitrogens with zero attached hydrogens (tertiary/aromatic N) is 1. The van der Waals surface area contributed by atoms with Gasteiger partial charge in [0.2, 0.25) is 11.8 Å². The quantitative estimate of drug-likeness (QED) is 0.900. The molecule has 2 aliphatic rings. The number of benzene rings is 1. The van der Waals surface area contributed by atoms with Crippen LogP contribution in [0.2, 0.25) is 0 Å². The predicted molar refractivity (Wildman–Crippen MR) is 89.4 cm³/mol. The zero-order valence-corrected chi connectivity index (χ0v) is 14.3. The molecule has 0 bridgehead atoms. The van der Waals surface area contributed by atoms with Crippen molar-refractivity contribution in [1.29, 1.82) is 0 Å². The van der Waals surface area contributed by atoms with E-state index in [1.807, 2.05) is 4.90 Å². The number of hydrogen-bond acceptors (Lipinski definition) is 2. The summed E-state index contributed by atoms with van der Waals surface area (Å²) >= 11 is 0. The van der Waals surface area contributed by atoms with E-state index >= 15 is 0 Å². The molecule has 2 atom stereocenters. The van der Waals surface area contributed by atoms with Crippen molar-refractivity contribution in [2.75, 3.05) is 13.1 Å². The Balaban J connectivity index is 1.55. The number of carbonyl (C=O) groups is 2. The van der Waals surface area contributed by atoms with Gasteiger partial charge in [-0.1, -0.05) is 26.0 Å². The van der Waals surface area contributed by atoms with E-state index < -0.39 is 5.41 Å². The van der Waals surface area contributed by atoms with E-state index in [4.69, 9.17) is 5.73 Å². The van der Waals surface area contributed by atoms with Gasteiger partial charge in [-0.3, -0.25) is 9.59 Å². The van der Waals surface area contributed by atoms with Crippen molar-refractivity contribution < 1.29 is 14.0 Å². The first kappa shape index (κ1) is 16.9. The Morgan fingerprint density at radius 3 is 2.50 bits per heavy atom. The summed E-state index contributed by atoms with van der Waals surface area (Å²) in [6, 6.07) is 6.38. The number of fused-ring (bicyclic) bond motifs is 1. The molecule has 1 heterocycles. The van der Waals surface area contributed by atoms with Gasteiger partial charge in [-0.25, -0.2) is 4.39 Å². The number of halogens is 1. The van der Waals surface area contributed by atoms with Crippen LogP contribution in [0.3, 0.4) is 0 Å². The summed E-state index contributed by atoms with van der Waals surface area (Å²) in [6.45, 7) is 5.37. The summed E-state index contributed by atoms with van der Waals surface area (Å²) in [5.41, 5.74) is 6.22. The minimum Gasteiger partial charge on any atom is -0.369 e. The fraction of sp³-hybridized carbons (Fsp3) is 0.579. The van der Waals surface area contributed by atoms with Gasteiger partial charge in [0.15, 0.2) is 0 Å². The fourth-order valence-electron chi connectivity index (χ4n) is 4.67. The minimum atomic E-state index is -0.518. The SMILES string of the molecule is CC1(C)C[C@]2(C(N)=O)CN(C(=O)CCCc3ccc(F)cc3)C[C@H]12. The molecule has 1 saturated carbocycles. The maximum Gasteiger partial charge on any atom is 0.225 e. The van der Waals surface area contributed by atoms with Crippen molar-refractivity contribution in [3.63, 3.8) is 0 Å². The van der Waals surface area contributed by atoms with E-state index in [0.29, 0.717) is 19.5 Å². The first-order valence-electron chi connectivity index (χ1n) is 8.57. The molecule has 0 radical (unpaired) electrons. The van der Waals surface area contributed by atoms with Crippen molar-refractivity contribution in [1.82, 2.24) is 4.90 Å². The van der Waals surface area contributed by atoms with E-state index in [1.165, 1.54) is 12.1 Å². The molecular weight excluding hydrogens is 307 g/mol. The highest BCUT2D eigenvalue weighted by Gasteiger charge is 2.66. The lowest BCUT2D eigenvalue weighted by Crippen LogP contribution is -2.59. The van der Waals surface area contributed by atoms with Crippen molar-refractivity contribution >= 4 is 11.8 Å². The Kier molecular flexibility index (Phi) is 4.14. The Morgan fingerprint density at radius 2 is 1.96 bits per heavy atom. The molecule has 0 spiro atoms. The molecule has 1 aromatic carbocycles. The molecular formula is C19H25FN2O2. The second-order valence-corrected chi connectivity index (χ2v) is 7.99. The first-order chi connectivity index (χ1) is 11.2. The van der Waals surface area contributed by atoms with E-state index in [-0.39, 0.29) is 29.0 Å². The smallest absolute Gasteiger partial charge is 0.225 e. The lowest BCUT2D eigenvalue weighted by atomic mass is 9.48. The number of nitrogens with two attached hydrogens (primary N) is 1. The second-order valence-electron chi connectivity index (χ2n) is 7.99. The molecule has 5 heteroatoms. The Hall–Kier alpha value is -1.91. The summed E-state index contributed by atoms with van der Waals surface area (Å²) in [6.07, 6.45) is 2.67. The van der Waals surface area contributed by atoms with E-state index in [0.717, 1.165) is 24.8 Å². The van der Waals surface area contributed by atoms with E-state index in [2.05, 4.69) is 13.8 Å². The zero-order valence-electron chi connectivity index (χ0n) is 14.3. The lowest BCUT2D eigenvalue weighted by Gasteiger charge is -2.54. The maximum absolute atomic E-state index is 12.9. The number of carbonyl (C=O) groups excluding carboxylic acids is 2. The fourth-order valence-corrected chi connectivity index (χ4v) is 4.67. The van der Waals surface area contributed by atoms with Crippen molar-refractivity contribution in [3.05, 3.63) is 35.6 Å². The highest BCUT2D eigenvalue weighted by molar-refractivity contribution is 5.86. The molecule has 24 heavy (non-hydrogen) atoms. The van der Waals surface area contributed by atoms with Crippen molar-refractivity contribution in [2.45, 2.75) is 39.5 Å². The van der Waals surface area contributed by atoms with Crippen LogP contribution in [0, 0.1) is 22.6 Å². The van der Waals surface area contributed by atoms with Gasteiger partial charge < -0.3 is 10.6 Å². The van der Waals surface area contributed by atoms with Gasteiger partial charge in [0.25, 0.3) is 0 Å². The largest absolute Gasteiger partial charge is 0.369 e. The van der Waals surface area contributed by atoms with Crippen LogP contribution >= 0.6 is 0 Å². The van der Waals surface area contributed by atoms with Crippen molar-refractivity contribution in [3.8, 4) is 0 Å². The van der Waals surface area contributed by atoms with Crippen LogP contribution < -0.4 is 5.73 Å². The predicted octanol–water partition coefficient (Wildman–Crippen LogP) is 2.51. The normalized spacial score (nSPS) is 27.5. The van der Waals surface area contributed by atoms with Crippen LogP contribution in [0.4, 0.5) is 4.39 Å². The van der Waals surface area contributed by atoms with Gasteiger partial charge >= 0.3 is 0 Å². The molecule has 130 valence electrons. The number of rotatable bonds is 5. The third-order valence-electron chi connectivity index (χ3n) is 5.87. The van der Waals surface area contributed by atoms with Crippen LogP contribution in [0.25, 0.3) is 0 Å². The summed E-state index contributed by atoms with van der Waals surface area (Å²) < 4.78 is 12.9. The molecule has 1 aliphatic carbocycles. The number of primary amides is 1. The summed E-state index contributed by atoms with van der Waals surface area (Å²) in [5.74, 6) is -0.262. The van der Waals surface area contributed by atoms with Crippen LogP contribution in [0.15, 0.2) is 24.3 Å². The van der Waals surface area contributed by atoms with Gasteiger partial charge in [-0.15, -0.1) is 0 Å². The van der Waals surface area contributed by atoms with Crippen LogP contribution in [-0.2, 0) is 16.0 Å². The summed E-state index contributed by atoms with van der Waals surface area (Å²) in [4.78, 5) is 26.2. The zero-order chi connectivity index (χ0) is 17.5. The maximum atomic E-state index is 12.9. The number of hydrogen-bond donors (Lipinski definition) is 1. The third-order valence-corrected chi connectivity index (χ3v) is 5.87. The first-order valence-corrected chi connectivity index (χ1v) is 8.57. The standard InChI is InChI=1S/C19H25FN2O2/c1-18(2)11-19(17(21)24)12-22(10-15(18)19)16(23)5-3-4-13-6-8-14(20)9-7-13/h6-9,15H,3-5,10-12H2,1-2H3,(H2,21,24)/t15-,19+/m1/s1. The average molecular weight is 332 g/mol. The molecule has 1 aliphatic heterocycles. The minimum absolute atomic E-state index is 0.0676. The second kappa shape index (κ2) is 5.87. The van der Waals surface area contributed by atoms with Crippen LogP contribution in [0.1, 0.15) is 38.7 Å². The number of aryl methyl sites for hydroxylation is 1. The summed E-state index contributed by atoms with van der Waals surface area (Å²) in [7, 11) is 0. The molecule has 3 rings (SSSR count). The molecule has 1 aromatic rings. The van der Waals surface area contributed by atoms with Crippen LogP contribution in [0.5, 0.6) is 0 Å². The summed E-state index contributed by atoms with van der Waals surface area (Å²) in [5, 5.41) is 0. The molecule has 2 fully saturated rings.